The van der Waals surface area contributed by atoms with E-state index in [2.05, 4.69) is 15.3 Å². The standard InChI is InChI=1S/C23H23F3N4O4/c1-14-20(22(34)30(29-14)13-5-10-19(31)32)28-27-18-9-4-7-16(21(18)33)12-11-15-6-2-3-8-17(15)23(24,25)26/h2-4,6-9,29,33H,5,10-13H2,1H3,(H,31,32). The number of aliphatic carboxylic acids is 1. The fraction of sp³-hybridized carbons (Fsp3) is 0.304. The molecule has 0 fully saturated rings. The lowest BCUT2D eigenvalue weighted by Crippen LogP contribution is -2.17. The summed E-state index contributed by atoms with van der Waals surface area (Å²) in [5, 5.41) is 30.0. The second-order valence-electron chi connectivity index (χ2n) is 7.68. The van der Waals surface area contributed by atoms with E-state index < -0.39 is 23.3 Å². The summed E-state index contributed by atoms with van der Waals surface area (Å²) in [6, 6.07) is 9.93. The number of aromatic amines is 1. The van der Waals surface area contributed by atoms with Gasteiger partial charge in [-0.3, -0.25) is 19.4 Å². The fourth-order valence-corrected chi connectivity index (χ4v) is 3.51. The number of alkyl halides is 3. The topological polar surface area (TPSA) is 120 Å². The zero-order valence-electron chi connectivity index (χ0n) is 18.3. The number of aromatic nitrogens is 2. The molecule has 0 saturated carbocycles. The number of hydrogen-bond donors (Lipinski definition) is 3. The first-order valence-corrected chi connectivity index (χ1v) is 10.5. The van der Waals surface area contributed by atoms with Crippen molar-refractivity contribution in [2.75, 3.05) is 0 Å². The molecule has 0 aliphatic heterocycles. The molecule has 3 aromatic rings. The summed E-state index contributed by atoms with van der Waals surface area (Å²) < 4.78 is 40.9. The van der Waals surface area contributed by atoms with Crippen molar-refractivity contribution in [3.05, 3.63) is 75.2 Å². The third kappa shape index (κ3) is 5.91. The SMILES string of the molecule is Cc1[nH]n(CCCC(=O)O)c(=O)c1N=Nc1cccc(CCc2ccccc2C(F)(F)F)c1O. The molecular weight excluding hydrogens is 453 g/mol. The third-order valence-electron chi connectivity index (χ3n) is 5.22. The Labute approximate surface area is 192 Å². The van der Waals surface area contributed by atoms with Gasteiger partial charge in [0.15, 0.2) is 5.69 Å². The number of nitrogens with one attached hydrogen (secondary N) is 1. The molecule has 34 heavy (non-hydrogen) atoms. The molecule has 0 radical (unpaired) electrons. The van der Waals surface area contributed by atoms with Crippen molar-refractivity contribution in [2.24, 2.45) is 10.2 Å². The number of hydrogen-bond acceptors (Lipinski definition) is 5. The van der Waals surface area contributed by atoms with Crippen molar-refractivity contribution >= 4 is 17.3 Å². The average Bonchev–Trinajstić information content (AvgIpc) is 3.04. The number of carboxylic acids is 1. The summed E-state index contributed by atoms with van der Waals surface area (Å²) >= 11 is 0. The molecule has 3 rings (SSSR count). The highest BCUT2D eigenvalue weighted by molar-refractivity contribution is 5.66. The quantitative estimate of drug-likeness (QED) is 0.364. The molecule has 1 heterocycles. The molecule has 1 aromatic heterocycles. The van der Waals surface area contributed by atoms with Crippen molar-refractivity contribution in [1.82, 2.24) is 9.78 Å². The van der Waals surface area contributed by atoms with Crippen molar-refractivity contribution in [1.29, 1.82) is 0 Å². The largest absolute Gasteiger partial charge is 0.505 e. The number of H-pyrrole nitrogens is 1. The molecule has 0 unspecified atom stereocenters. The molecule has 0 bridgehead atoms. The number of nitrogens with zero attached hydrogens (tertiary/aromatic N) is 3. The molecule has 0 spiro atoms. The predicted molar refractivity (Wildman–Crippen MR) is 118 cm³/mol. The fourth-order valence-electron chi connectivity index (χ4n) is 3.51. The third-order valence-corrected chi connectivity index (χ3v) is 5.22. The zero-order valence-corrected chi connectivity index (χ0v) is 18.3. The van der Waals surface area contributed by atoms with Crippen LogP contribution in [0.3, 0.4) is 0 Å². The number of phenolic OH excluding ortho intramolecular Hbond substituents is 1. The molecule has 3 N–H and O–H groups in total. The van der Waals surface area contributed by atoms with Crippen LogP contribution in [0, 0.1) is 6.92 Å². The maximum atomic E-state index is 13.2. The Kier molecular flexibility index (Phi) is 7.54. The number of phenols is 1. The van der Waals surface area contributed by atoms with Crippen LogP contribution >= 0.6 is 0 Å². The smallest absolute Gasteiger partial charge is 0.416 e. The first-order valence-electron chi connectivity index (χ1n) is 10.5. The van der Waals surface area contributed by atoms with Gasteiger partial charge >= 0.3 is 12.1 Å². The van der Waals surface area contributed by atoms with E-state index in [9.17, 15) is 27.9 Å². The van der Waals surface area contributed by atoms with Crippen molar-refractivity contribution < 1.29 is 28.2 Å². The van der Waals surface area contributed by atoms with Crippen LogP contribution in [0.4, 0.5) is 24.5 Å². The van der Waals surface area contributed by atoms with Crippen LogP contribution in [0.25, 0.3) is 0 Å². The van der Waals surface area contributed by atoms with Crippen molar-refractivity contribution in [2.45, 2.75) is 45.3 Å². The van der Waals surface area contributed by atoms with Crippen LogP contribution < -0.4 is 5.56 Å². The van der Waals surface area contributed by atoms with Gasteiger partial charge in [0.2, 0.25) is 0 Å². The molecule has 0 amide bonds. The van der Waals surface area contributed by atoms with Crippen LogP contribution in [-0.2, 0) is 30.4 Å². The van der Waals surface area contributed by atoms with Gasteiger partial charge in [0.1, 0.15) is 11.4 Å². The lowest BCUT2D eigenvalue weighted by molar-refractivity contribution is -0.138. The van der Waals surface area contributed by atoms with Crippen LogP contribution in [0.1, 0.15) is 35.2 Å². The molecule has 0 aliphatic rings. The average molecular weight is 476 g/mol. The number of para-hydroxylation sites is 1. The number of aromatic hydroxyl groups is 1. The van der Waals surface area contributed by atoms with Gasteiger partial charge in [0.25, 0.3) is 5.56 Å². The molecule has 8 nitrogen and oxygen atoms in total. The predicted octanol–water partition coefficient (Wildman–Crippen LogP) is 5.27. The normalized spacial score (nSPS) is 11.9. The Morgan fingerprint density at radius 2 is 1.74 bits per heavy atom. The lowest BCUT2D eigenvalue weighted by Gasteiger charge is -2.13. The summed E-state index contributed by atoms with van der Waals surface area (Å²) in [4.78, 5) is 23.1. The van der Waals surface area contributed by atoms with Gasteiger partial charge in [0, 0.05) is 13.0 Å². The van der Waals surface area contributed by atoms with Gasteiger partial charge in [0.05, 0.1) is 11.3 Å². The van der Waals surface area contributed by atoms with E-state index >= 15 is 0 Å². The Hall–Kier alpha value is -3.89. The van der Waals surface area contributed by atoms with E-state index in [1.165, 1.54) is 28.9 Å². The molecule has 0 atom stereocenters. The maximum absolute atomic E-state index is 13.2. The lowest BCUT2D eigenvalue weighted by atomic mass is 9.99. The molecule has 0 saturated heterocycles. The molecule has 2 aromatic carbocycles. The van der Waals surface area contributed by atoms with E-state index in [4.69, 9.17) is 5.11 Å². The highest BCUT2D eigenvalue weighted by Gasteiger charge is 2.32. The minimum atomic E-state index is -4.47. The van der Waals surface area contributed by atoms with E-state index in [-0.39, 0.29) is 54.9 Å². The second kappa shape index (κ2) is 10.4. The number of benzene rings is 2. The van der Waals surface area contributed by atoms with Crippen molar-refractivity contribution in [3.63, 3.8) is 0 Å². The number of carboxylic acid groups (broad SMARTS) is 1. The number of rotatable bonds is 9. The summed E-state index contributed by atoms with van der Waals surface area (Å²) in [5.74, 6) is -1.20. The number of aryl methyl sites for hydroxylation is 4. The van der Waals surface area contributed by atoms with Gasteiger partial charge in [-0.2, -0.15) is 13.2 Å². The highest BCUT2D eigenvalue weighted by atomic mass is 19.4. The van der Waals surface area contributed by atoms with Crippen LogP contribution in [0.2, 0.25) is 0 Å². The summed E-state index contributed by atoms with van der Waals surface area (Å²) in [6.07, 6.45) is -4.10. The van der Waals surface area contributed by atoms with E-state index in [0.717, 1.165) is 6.07 Å². The Morgan fingerprint density at radius 3 is 2.44 bits per heavy atom. The molecule has 0 aliphatic carbocycles. The molecule has 180 valence electrons. The number of halogens is 3. The minimum absolute atomic E-state index is 0.0132. The summed E-state index contributed by atoms with van der Waals surface area (Å²) in [6.45, 7) is 1.78. The maximum Gasteiger partial charge on any atom is 0.416 e. The van der Waals surface area contributed by atoms with Crippen LogP contribution in [-0.4, -0.2) is 26.0 Å². The van der Waals surface area contributed by atoms with Gasteiger partial charge < -0.3 is 10.2 Å². The monoisotopic (exact) mass is 476 g/mol. The van der Waals surface area contributed by atoms with E-state index in [0.29, 0.717) is 11.3 Å². The minimum Gasteiger partial charge on any atom is -0.505 e. The van der Waals surface area contributed by atoms with Gasteiger partial charge in [-0.1, -0.05) is 30.3 Å². The first kappa shape index (κ1) is 24.7. The molecule has 11 heteroatoms. The Balaban J connectivity index is 1.77. The number of carbonyl (C=O) groups is 1. The zero-order chi connectivity index (χ0) is 24.9. The highest BCUT2D eigenvalue weighted by Crippen LogP contribution is 2.35. The van der Waals surface area contributed by atoms with Crippen LogP contribution in [0.5, 0.6) is 5.75 Å². The second-order valence-corrected chi connectivity index (χ2v) is 7.68. The first-order chi connectivity index (χ1) is 16.1. The Bertz CT molecular complexity index is 1260. The number of azo groups is 1. The van der Waals surface area contributed by atoms with Gasteiger partial charge in [-0.25, -0.2) is 0 Å². The van der Waals surface area contributed by atoms with Gasteiger partial charge in [-0.15, -0.1) is 10.2 Å². The van der Waals surface area contributed by atoms with Crippen molar-refractivity contribution in [3.8, 4) is 5.75 Å². The Morgan fingerprint density at radius 1 is 1.06 bits per heavy atom. The van der Waals surface area contributed by atoms with Crippen LogP contribution in [0.15, 0.2) is 57.5 Å². The molecular formula is C23H23F3N4O4. The summed E-state index contributed by atoms with van der Waals surface area (Å²) in [5.41, 5.74) is -0.182. The van der Waals surface area contributed by atoms with Gasteiger partial charge in [-0.05, 0) is 49.4 Å². The summed E-state index contributed by atoms with van der Waals surface area (Å²) in [7, 11) is 0. The van der Waals surface area contributed by atoms with E-state index in [1.807, 2.05) is 0 Å². The van der Waals surface area contributed by atoms with E-state index in [1.54, 1.807) is 19.1 Å².